The Morgan fingerprint density at radius 1 is 0.242 bits per heavy atom. The molecule has 334 valence electrons. The van der Waals surface area contributed by atoms with E-state index in [9.17, 15) is 10.2 Å². The SMILES string of the molecule is O=P(c1ccccc1)(c1ccccc1)C(O)(CCCCCCC(O)(P(=O)(c1ccccc1)c1ccccc1)P(=O)(c1ccccc1)c1ccccc1)P(=O)(c1ccccc1)c1ccccc1. The second-order valence-corrected chi connectivity index (χ2v) is 29.3. The van der Waals surface area contributed by atoms with Crippen molar-refractivity contribution in [2.45, 2.75) is 48.7 Å². The van der Waals surface area contributed by atoms with Gasteiger partial charge in [0, 0.05) is 42.4 Å². The van der Waals surface area contributed by atoms with Crippen molar-refractivity contribution >= 4 is 71.0 Å². The van der Waals surface area contributed by atoms with Crippen molar-refractivity contribution in [3.63, 3.8) is 0 Å². The number of aliphatic hydroxyl groups is 2. The number of rotatable bonds is 19. The molecule has 0 saturated carbocycles. The highest BCUT2D eigenvalue weighted by Gasteiger charge is 2.62. The van der Waals surface area contributed by atoms with Crippen molar-refractivity contribution in [1.29, 1.82) is 0 Å². The molecule has 66 heavy (non-hydrogen) atoms. The van der Waals surface area contributed by atoms with E-state index in [1.165, 1.54) is 0 Å². The molecule has 0 aliphatic carbocycles. The fraction of sp³-hybridized carbons (Fsp3) is 0.143. The topological polar surface area (TPSA) is 109 Å². The molecule has 0 fully saturated rings. The molecular weight excluding hydrogens is 893 g/mol. The molecule has 8 aromatic rings. The molecule has 0 bridgehead atoms. The van der Waals surface area contributed by atoms with Crippen LogP contribution in [0.25, 0.3) is 0 Å². The third-order valence-electron chi connectivity index (χ3n) is 12.8. The summed E-state index contributed by atoms with van der Waals surface area (Å²) in [5.74, 6) is 0. The highest BCUT2D eigenvalue weighted by atomic mass is 31.2. The molecule has 2 N–H and O–H groups in total. The molecule has 0 radical (unpaired) electrons. The van der Waals surface area contributed by atoms with E-state index in [4.69, 9.17) is 0 Å². The van der Waals surface area contributed by atoms with Gasteiger partial charge in [-0.25, -0.2) is 0 Å². The highest BCUT2D eigenvalue weighted by molar-refractivity contribution is 7.96. The number of hydrogen-bond acceptors (Lipinski definition) is 6. The van der Waals surface area contributed by atoms with Gasteiger partial charge in [-0.05, 0) is 25.7 Å². The van der Waals surface area contributed by atoms with Gasteiger partial charge in [0.1, 0.15) is 0 Å². The third kappa shape index (κ3) is 8.24. The second-order valence-electron chi connectivity index (χ2n) is 16.6. The van der Waals surface area contributed by atoms with Crippen LogP contribution in [0.2, 0.25) is 0 Å². The predicted molar refractivity (Wildman–Crippen MR) is 277 cm³/mol. The second kappa shape index (κ2) is 20.2. The monoisotopic (exact) mass is 946 g/mol. The Morgan fingerprint density at radius 3 is 0.515 bits per heavy atom. The van der Waals surface area contributed by atoms with E-state index < -0.39 is 38.7 Å². The first-order chi connectivity index (χ1) is 32.0. The third-order valence-corrected chi connectivity index (χ3v) is 29.3. The fourth-order valence-electron chi connectivity index (χ4n) is 9.46. The maximum Gasteiger partial charge on any atom is 0.185 e. The van der Waals surface area contributed by atoms with Crippen LogP contribution in [0.1, 0.15) is 38.5 Å². The Hall–Kier alpha value is -5.40. The lowest BCUT2D eigenvalue weighted by molar-refractivity contribution is 0.184. The molecule has 8 rings (SSSR count). The molecule has 0 aliphatic heterocycles. The molecule has 0 aliphatic rings. The van der Waals surface area contributed by atoms with Gasteiger partial charge < -0.3 is 28.5 Å². The summed E-state index contributed by atoms with van der Waals surface area (Å²) in [4.78, 5) is 0. The maximum absolute atomic E-state index is 16.5. The van der Waals surface area contributed by atoms with E-state index in [0.29, 0.717) is 68.1 Å². The van der Waals surface area contributed by atoms with E-state index in [1.54, 1.807) is 194 Å². The molecule has 10 heteroatoms. The number of unbranched alkanes of at least 4 members (excludes halogenated alkanes) is 3. The number of hydrogen-bond donors (Lipinski definition) is 2. The normalized spacial score (nSPS) is 12.7. The summed E-state index contributed by atoms with van der Waals surface area (Å²) in [6.45, 7) is 0. The highest BCUT2D eigenvalue weighted by Crippen LogP contribution is 2.75. The van der Waals surface area contributed by atoms with Crippen LogP contribution in [-0.4, -0.2) is 20.4 Å². The molecule has 0 aromatic heterocycles. The minimum atomic E-state index is -4.18. The quantitative estimate of drug-likeness (QED) is 0.0617. The van der Waals surface area contributed by atoms with Gasteiger partial charge in [0.25, 0.3) is 0 Å². The van der Waals surface area contributed by atoms with Crippen LogP contribution in [0.15, 0.2) is 243 Å². The van der Waals surface area contributed by atoms with Gasteiger partial charge in [0.05, 0.1) is 0 Å². The first-order valence-electron chi connectivity index (χ1n) is 22.4. The summed E-state index contributed by atoms with van der Waals surface area (Å²) in [7, 11) is -16.7. The predicted octanol–water partition coefficient (Wildman–Crippen LogP) is 10.7. The lowest BCUT2D eigenvalue weighted by Crippen LogP contribution is -2.44. The van der Waals surface area contributed by atoms with Gasteiger partial charge in [-0.3, -0.25) is 0 Å². The molecule has 0 spiro atoms. The average Bonchev–Trinajstić information content (AvgIpc) is 3.40. The van der Waals surface area contributed by atoms with Crippen molar-refractivity contribution < 1.29 is 28.5 Å². The van der Waals surface area contributed by atoms with Gasteiger partial charge >= 0.3 is 0 Å². The van der Waals surface area contributed by atoms with Crippen LogP contribution < -0.4 is 42.4 Å². The zero-order valence-electron chi connectivity index (χ0n) is 36.7. The fourth-order valence-corrected chi connectivity index (χ4v) is 26.5. The van der Waals surface area contributed by atoms with E-state index >= 15 is 18.3 Å². The van der Waals surface area contributed by atoms with Crippen molar-refractivity contribution in [2.24, 2.45) is 0 Å². The minimum Gasteiger partial charge on any atom is -0.374 e. The summed E-state index contributed by atoms with van der Waals surface area (Å²) in [6.07, 6.45) is 1.30. The first kappa shape index (κ1) is 47.1. The molecule has 0 atom stereocenters. The van der Waals surface area contributed by atoms with E-state index in [-0.39, 0.29) is 12.8 Å². The zero-order valence-corrected chi connectivity index (χ0v) is 40.2. The van der Waals surface area contributed by atoms with E-state index in [1.807, 2.05) is 48.5 Å². The Kier molecular flexibility index (Phi) is 14.4. The Bertz CT molecular complexity index is 2420. The van der Waals surface area contributed by atoms with Crippen LogP contribution in [0.4, 0.5) is 0 Å². The Morgan fingerprint density at radius 2 is 0.379 bits per heavy atom. The van der Waals surface area contributed by atoms with Crippen LogP contribution in [-0.2, 0) is 18.3 Å². The van der Waals surface area contributed by atoms with Gasteiger partial charge in [0.2, 0.25) is 0 Å². The lowest BCUT2D eigenvalue weighted by Gasteiger charge is -2.43. The Labute approximate surface area is 388 Å². The van der Waals surface area contributed by atoms with Crippen LogP contribution in [0, 0.1) is 0 Å². The average molecular weight is 947 g/mol. The largest absolute Gasteiger partial charge is 0.374 e. The lowest BCUT2D eigenvalue weighted by atomic mass is 10.1. The Balaban J connectivity index is 1.21. The molecule has 8 aromatic carbocycles. The van der Waals surface area contributed by atoms with Crippen LogP contribution in [0.5, 0.6) is 0 Å². The van der Waals surface area contributed by atoms with E-state index in [0.717, 1.165) is 0 Å². The van der Waals surface area contributed by atoms with Crippen molar-refractivity contribution in [1.82, 2.24) is 0 Å². The van der Waals surface area contributed by atoms with E-state index in [2.05, 4.69) is 0 Å². The maximum atomic E-state index is 16.5. The minimum absolute atomic E-state index is 0.0988. The summed E-state index contributed by atoms with van der Waals surface area (Å²) in [6, 6.07) is 71.2. The number of benzene rings is 8. The standard InChI is InChI=1S/C56H54O6P4/c57-55(63(59,47-29-11-3-12-30-47)48-31-13-4-14-32-48,64(60,49-33-15-5-16-34-49)50-35-17-6-18-36-50)45-27-1-2-28-46-56(58,65(61,51-37-19-7-20-38-51)52-39-21-8-22-40-52)66(62,53-41-23-9-24-42-53)54-43-25-10-26-44-54/h3-26,29-44,57-58H,1-2,27-28,45-46H2. The van der Waals surface area contributed by atoms with Crippen molar-refractivity contribution in [3.05, 3.63) is 243 Å². The van der Waals surface area contributed by atoms with Crippen molar-refractivity contribution in [2.75, 3.05) is 0 Å². The zero-order chi connectivity index (χ0) is 46.1. The molecule has 0 unspecified atom stereocenters. The molecule has 0 amide bonds. The van der Waals surface area contributed by atoms with Gasteiger partial charge in [-0.15, -0.1) is 0 Å². The van der Waals surface area contributed by atoms with Crippen molar-refractivity contribution in [3.8, 4) is 0 Å². The van der Waals surface area contributed by atoms with Crippen LogP contribution >= 0.6 is 28.6 Å². The molecular formula is C56H54O6P4. The van der Waals surface area contributed by atoms with Gasteiger partial charge in [-0.2, -0.15) is 0 Å². The van der Waals surface area contributed by atoms with Gasteiger partial charge in [0.15, 0.2) is 38.7 Å². The summed E-state index contributed by atoms with van der Waals surface area (Å²) >= 11 is 0. The summed E-state index contributed by atoms with van der Waals surface area (Å²) < 4.78 is 66.1. The summed E-state index contributed by atoms with van der Waals surface area (Å²) in [5.41, 5.74) is 0. The smallest absolute Gasteiger partial charge is 0.185 e. The van der Waals surface area contributed by atoms with Crippen LogP contribution in [0.3, 0.4) is 0 Å². The molecule has 6 nitrogen and oxygen atoms in total. The molecule has 0 heterocycles. The molecule has 0 saturated heterocycles. The van der Waals surface area contributed by atoms with Gasteiger partial charge in [-0.1, -0.05) is 255 Å². The summed E-state index contributed by atoms with van der Waals surface area (Å²) in [5, 5.41) is 26.2. The first-order valence-corrected chi connectivity index (χ1v) is 29.2.